The van der Waals surface area contributed by atoms with Gasteiger partial charge in [0.15, 0.2) is 0 Å². The summed E-state index contributed by atoms with van der Waals surface area (Å²) in [6.45, 7) is 4.40. The molecule has 0 unspecified atom stereocenters. The maximum Gasteiger partial charge on any atom is 0.0409 e. The minimum atomic E-state index is 0.158. The van der Waals surface area contributed by atoms with E-state index >= 15 is 0 Å². The quantitative estimate of drug-likeness (QED) is 0.697. The van der Waals surface area contributed by atoms with E-state index in [1.54, 1.807) is 0 Å². The van der Waals surface area contributed by atoms with Crippen LogP contribution in [0.4, 0.5) is 0 Å². The summed E-state index contributed by atoms with van der Waals surface area (Å²) in [4.78, 5) is 0. The molecule has 66 valence electrons. The van der Waals surface area contributed by atoms with Gasteiger partial charge in [-0.3, -0.25) is 0 Å². The Morgan fingerprint density at radius 3 is 2.50 bits per heavy atom. The summed E-state index contributed by atoms with van der Waals surface area (Å²) in [7, 11) is 0. The first kappa shape index (κ1) is 9.94. The molecule has 0 nitrogen and oxygen atoms in total. The molecule has 2 heteroatoms. The molecule has 0 heterocycles. The number of hydrogen-bond donors (Lipinski definition) is 0. The van der Waals surface area contributed by atoms with Crippen LogP contribution in [0.3, 0.4) is 0 Å². The first-order valence-corrected chi connectivity index (χ1v) is 5.48. The molecule has 0 saturated heterocycles. The molecular weight excluding hydrogens is 188 g/mol. The molecule has 0 aliphatic carbocycles. The molecule has 0 aromatic heterocycles. The molecule has 1 rings (SSSR count). The lowest BCUT2D eigenvalue weighted by atomic mass is 10.0. The lowest BCUT2D eigenvalue weighted by molar-refractivity contribution is 0.785. The largest absolute Gasteiger partial charge is 0.154 e. The molecule has 0 bridgehead atoms. The summed E-state index contributed by atoms with van der Waals surface area (Å²) in [6.07, 6.45) is 2.11. The smallest absolute Gasteiger partial charge is 0.0409 e. The maximum atomic E-state index is 5.90. The maximum absolute atomic E-state index is 5.90. The van der Waals surface area contributed by atoms with Crippen LogP contribution in [-0.2, 0) is 4.75 Å². The molecule has 0 atom stereocenters. The van der Waals surface area contributed by atoms with Crippen molar-refractivity contribution >= 4 is 23.4 Å². The number of rotatable bonds is 2. The average Bonchev–Trinajstić information content (AvgIpc) is 2.05. The second kappa shape index (κ2) is 3.71. The predicted molar refractivity (Wildman–Crippen MR) is 58.0 cm³/mol. The fraction of sp³-hybridized carbons (Fsp3) is 0.400. The predicted octanol–water partition coefficient (Wildman–Crippen LogP) is 3.94. The summed E-state index contributed by atoms with van der Waals surface area (Å²) < 4.78 is 0.158. The topological polar surface area (TPSA) is 0 Å². The lowest BCUT2D eigenvalue weighted by Crippen LogP contribution is -2.10. The van der Waals surface area contributed by atoms with Crippen LogP contribution in [0.1, 0.15) is 19.4 Å². The van der Waals surface area contributed by atoms with Crippen molar-refractivity contribution in [2.45, 2.75) is 18.6 Å². The third-order valence-electron chi connectivity index (χ3n) is 2.03. The van der Waals surface area contributed by atoms with E-state index in [0.29, 0.717) is 0 Å². The van der Waals surface area contributed by atoms with Crippen LogP contribution in [0, 0.1) is 0 Å². The molecule has 1 aromatic rings. The fourth-order valence-electron chi connectivity index (χ4n) is 0.981. The highest BCUT2D eigenvalue weighted by atomic mass is 35.5. The van der Waals surface area contributed by atoms with Gasteiger partial charge in [-0.15, -0.1) is 0 Å². The van der Waals surface area contributed by atoms with Crippen molar-refractivity contribution in [1.29, 1.82) is 0 Å². The number of halogens is 1. The van der Waals surface area contributed by atoms with E-state index < -0.39 is 0 Å². The van der Waals surface area contributed by atoms with E-state index in [9.17, 15) is 0 Å². The molecule has 0 aliphatic rings. The first-order chi connectivity index (χ1) is 5.56. The highest BCUT2D eigenvalue weighted by Gasteiger charge is 2.18. The van der Waals surface area contributed by atoms with Gasteiger partial charge in [0.25, 0.3) is 0 Å². The second-order valence-electron chi connectivity index (χ2n) is 3.22. The Kier molecular flexibility index (Phi) is 3.08. The molecule has 12 heavy (non-hydrogen) atoms. The Labute approximate surface area is 83.3 Å². The second-order valence-corrected chi connectivity index (χ2v) is 5.09. The number of thioether (sulfide) groups is 1. The summed E-state index contributed by atoms with van der Waals surface area (Å²) in [5.74, 6) is 0. The normalized spacial score (nSPS) is 11.7. The Hall–Kier alpha value is -0.140. The van der Waals surface area contributed by atoms with E-state index in [1.165, 1.54) is 5.56 Å². The zero-order valence-corrected chi connectivity index (χ0v) is 9.17. The van der Waals surface area contributed by atoms with Crippen molar-refractivity contribution < 1.29 is 0 Å². The highest BCUT2D eigenvalue weighted by Crippen LogP contribution is 2.34. The summed E-state index contributed by atoms with van der Waals surface area (Å²) >= 11 is 7.73. The summed E-state index contributed by atoms with van der Waals surface area (Å²) in [5, 5.41) is 0.814. The van der Waals surface area contributed by atoms with Crippen molar-refractivity contribution in [3.05, 3.63) is 34.9 Å². The van der Waals surface area contributed by atoms with Crippen molar-refractivity contribution in [2.24, 2.45) is 0 Å². The van der Waals surface area contributed by atoms with Gasteiger partial charge in [-0.2, -0.15) is 11.8 Å². The van der Waals surface area contributed by atoms with Gasteiger partial charge in [-0.1, -0.05) is 23.7 Å². The van der Waals surface area contributed by atoms with E-state index in [1.807, 2.05) is 30.0 Å². The van der Waals surface area contributed by atoms with Crippen LogP contribution in [0.2, 0.25) is 5.02 Å². The van der Waals surface area contributed by atoms with E-state index in [2.05, 4.69) is 26.2 Å². The SMILES string of the molecule is CSC(C)(C)c1cccc(Cl)c1. The van der Waals surface area contributed by atoms with Gasteiger partial charge in [0, 0.05) is 9.77 Å². The Bertz CT molecular complexity index is 268. The standard InChI is InChI=1S/C10H13ClS/c1-10(2,12-3)8-5-4-6-9(11)7-8/h4-7H,1-3H3. The van der Waals surface area contributed by atoms with Gasteiger partial charge < -0.3 is 0 Å². The third kappa shape index (κ3) is 2.18. The van der Waals surface area contributed by atoms with E-state index in [-0.39, 0.29) is 4.75 Å². The van der Waals surface area contributed by atoms with Crippen LogP contribution < -0.4 is 0 Å². The Morgan fingerprint density at radius 1 is 1.33 bits per heavy atom. The average molecular weight is 201 g/mol. The molecule has 0 spiro atoms. The van der Waals surface area contributed by atoms with Crippen molar-refractivity contribution in [2.75, 3.05) is 6.26 Å². The van der Waals surface area contributed by atoms with Crippen molar-refractivity contribution in [1.82, 2.24) is 0 Å². The van der Waals surface area contributed by atoms with Crippen LogP contribution >= 0.6 is 23.4 Å². The monoisotopic (exact) mass is 200 g/mol. The van der Waals surface area contributed by atoms with E-state index in [0.717, 1.165) is 5.02 Å². The molecule has 0 amide bonds. The van der Waals surface area contributed by atoms with Crippen molar-refractivity contribution in [3.63, 3.8) is 0 Å². The van der Waals surface area contributed by atoms with Crippen LogP contribution in [0.25, 0.3) is 0 Å². The number of benzene rings is 1. The Balaban J connectivity index is 3.03. The molecule has 0 saturated carbocycles. The third-order valence-corrected chi connectivity index (χ3v) is 3.52. The Morgan fingerprint density at radius 2 is 2.00 bits per heavy atom. The van der Waals surface area contributed by atoms with Gasteiger partial charge in [-0.25, -0.2) is 0 Å². The summed E-state index contributed by atoms with van der Waals surface area (Å²) in [6, 6.07) is 8.04. The molecule has 0 N–H and O–H groups in total. The van der Waals surface area contributed by atoms with Crippen molar-refractivity contribution in [3.8, 4) is 0 Å². The minimum Gasteiger partial charge on any atom is -0.154 e. The summed E-state index contributed by atoms with van der Waals surface area (Å²) in [5.41, 5.74) is 1.28. The van der Waals surface area contributed by atoms with Crippen LogP contribution in [0.15, 0.2) is 24.3 Å². The van der Waals surface area contributed by atoms with Crippen LogP contribution in [-0.4, -0.2) is 6.26 Å². The highest BCUT2D eigenvalue weighted by molar-refractivity contribution is 7.99. The molecule has 1 aromatic carbocycles. The van der Waals surface area contributed by atoms with Gasteiger partial charge in [0.1, 0.15) is 0 Å². The molecule has 0 aliphatic heterocycles. The number of hydrogen-bond acceptors (Lipinski definition) is 1. The molecule has 0 fully saturated rings. The minimum absolute atomic E-state index is 0.158. The van der Waals surface area contributed by atoms with Gasteiger partial charge >= 0.3 is 0 Å². The van der Waals surface area contributed by atoms with E-state index in [4.69, 9.17) is 11.6 Å². The molecule has 0 radical (unpaired) electrons. The first-order valence-electron chi connectivity index (χ1n) is 3.87. The lowest BCUT2D eigenvalue weighted by Gasteiger charge is -2.22. The fourth-order valence-corrected chi connectivity index (χ4v) is 1.53. The molecular formula is C10H13ClS. The zero-order valence-electron chi connectivity index (χ0n) is 7.60. The van der Waals surface area contributed by atoms with Gasteiger partial charge in [0.05, 0.1) is 0 Å². The zero-order chi connectivity index (χ0) is 9.19. The van der Waals surface area contributed by atoms with Gasteiger partial charge in [-0.05, 0) is 37.8 Å². The van der Waals surface area contributed by atoms with Gasteiger partial charge in [0.2, 0.25) is 0 Å². The van der Waals surface area contributed by atoms with Crippen LogP contribution in [0.5, 0.6) is 0 Å².